The van der Waals surface area contributed by atoms with Crippen LogP contribution in [-0.4, -0.2) is 37.8 Å². The number of aromatic nitrogens is 3. The highest BCUT2D eigenvalue weighted by Crippen LogP contribution is 2.33. The van der Waals surface area contributed by atoms with Gasteiger partial charge >= 0.3 is 6.03 Å². The molecule has 0 aliphatic carbocycles. The number of fused-ring (bicyclic) bond motifs is 3. The van der Waals surface area contributed by atoms with Crippen LogP contribution in [0.5, 0.6) is 0 Å². The quantitative estimate of drug-likeness (QED) is 0.896. The molecule has 2 bridgehead atoms. The third-order valence-electron chi connectivity index (χ3n) is 5.80. The molecule has 2 aromatic rings. The molecular formula is C20H27N5O. The summed E-state index contributed by atoms with van der Waals surface area (Å²) < 4.78 is 2.24. The number of aryl methyl sites for hydroxylation is 2. The van der Waals surface area contributed by atoms with Gasteiger partial charge in [-0.15, -0.1) is 10.2 Å². The van der Waals surface area contributed by atoms with Crippen LogP contribution in [0.25, 0.3) is 0 Å². The largest absolute Gasteiger partial charge is 0.322 e. The van der Waals surface area contributed by atoms with E-state index in [1.807, 2.05) is 17.0 Å². The molecule has 2 aliphatic rings. The maximum Gasteiger partial charge on any atom is 0.322 e. The van der Waals surface area contributed by atoms with Crippen molar-refractivity contribution in [2.75, 3.05) is 5.32 Å². The summed E-state index contributed by atoms with van der Waals surface area (Å²) >= 11 is 0. The number of benzene rings is 1. The van der Waals surface area contributed by atoms with Crippen LogP contribution in [0.2, 0.25) is 0 Å². The third kappa shape index (κ3) is 2.87. The van der Waals surface area contributed by atoms with Crippen LogP contribution in [0.4, 0.5) is 10.5 Å². The highest BCUT2D eigenvalue weighted by atomic mass is 16.2. The molecule has 1 aromatic carbocycles. The Labute approximate surface area is 154 Å². The molecule has 0 radical (unpaired) electrons. The van der Waals surface area contributed by atoms with Crippen molar-refractivity contribution >= 4 is 11.7 Å². The van der Waals surface area contributed by atoms with E-state index in [1.165, 1.54) is 11.1 Å². The molecular weight excluding hydrogens is 326 g/mol. The molecule has 0 spiro atoms. The second-order valence-corrected chi connectivity index (χ2v) is 7.97. The van der Waals surface area contributed by atoms with E-state index in [4.69, 9.17) is 0 Å². The second kappa shape index (κ2) is 6.41. The van der Waals surface area contributed by atoms with Crippen LogP contribution in [-0.2, 0) is 13.0 Å². The maximum atomic E-state index is 13.0. The SMILES string of the molecule is Cc1ccc(NC(=O)N2C3CCC2Cn2c(nnc2C(C)C)C3)cc1C. The fourth-order valence-electron chi connectivity index (χ4n) is 4.23. The van der Waals surface area contributed by atoms with Crippen LogP contribution >= 0.6 is 0 Å². The average Bonchev–Trinajstić information content (AvgIpc) is 3.11. The fourth-order valence-corrected chi connectivity index (χ4v) is 4.23. The molecule has 3 heterocycles. The topological polar surface area (TPSA) is 63.1 Å². The Kier molecular flexibility index (Phi) is 4.21. The fraction of sp³-hybridized carbons (Fsp3) is 0.550. The van der Waals surface area contributed by atoms with Crippen molar-refractivity contribution in [2.45, 2.75) is 71.5 Å². The van der Waals surface area contributed by atoms with E-state index in [1.54, 1.807) is 0 Å². The van der Waals surface area contributed by atoms with Gasteiger partial charge in [-0.25, -0.2) is 4.79 Å². The number of nitrogens with zero attached hydrogens (tertiary/aromatic N) is 4. The number of hydrogen-bond acceptors (Lipinski definition) is 3. The number of anilines is 1. The first kappa shape index (κ1) is 17.1. The lowest BCUT2D eigenvalue weighted by atomic mass is 10.1. The van der Waals surface area contributed by atoms with E-state index in [9.17, 15) is 4.79 Å². The van der Waals surface area contributed by atoms with Crippen molar-refractivity contribution < 1.29 is 4.79 Å². The Balaban J connectivity index is 1.56. The number of urea groups is 1. The molecule has 2 atom stereocenters. The first-order chi connectivity index (χ1) is 12.4. The van der Waals surface area contributed by atoms with Gasteiger partial charge in [0.05, 0.1) is 6.04 Å². The van der Waals surface area contributed by atoms with Gasteiger partial charge in [0.15, 0.2) is 0 Å². The van der Waals surface area contributed by atoms with Gasteiger partial charge in [0.25, 0.3) is 0 Å². The van der Waals surface area contributed by atoms with Gasteiger partial charge in [0.2, 0.25) is 0 Å². The average molecular weight is 353 g/mol. The zero-order chi connectivity index (χ0) is 18.4. The predicted octanol–water partition coefficient (Wildman–Crippen LogP) is 3.64. The lowest BCUT2D eigenvalue weighted by Crippen LogP contribution is -2.44. The number of carbonyl (C=O) groups excluding carboxylic acids is 1. The van der Waals surface area contributed by atoms with Gasteiger partial charge in [0, 0.05) is 30.6 Å². The van der Waals surface area contributed by atoms with Crippen molar-refractivity contribution in [1.29, 1.82) is 0 Å². The molecule has 0 saturated carbocycles. The summed E-state index contributed by atoms with van der Waals surface area (Å²) in [5.74, 6) is 2.39. The van der Waals surface area contributed by atoms with Crippen LogP contribution in [0.1, 0.15) is 55.4 Å². The van der Waals surface area contributed by atoms with E-state index >= 15 is 0 Å². The van der Waals surface area contributed by atoms with Gasteiger partial charge in [-0.2, -0.15) is 0 Å². The summed E-state index contributed by atoms with van der Waals surface area (Å²) in [4.78, 5) is 15.1. The Morgan fingerprint density at radius 2 is 1.92 bits per heavy atom. The summed E-state index contributed by atoms with van der Waals surface area (Å²) in [6.07, 6.45) is 2.87. The van der Waals surface area contributed by atoms with E-state index < -0.39 is 0 Å². The molecule has 2 aliphatic heterocycles. The minimum atomic E-state index is 0.00515. The lowest BCUT2D eigenvalue weighted by Gasteiger charge is -2.28. The normalized spacial score (nSPS) is 21.7. The van der Waals surface area contributed by atoms with Crippen molar-refractivity contribution in [1.82, 2.24) is 19.7 Å². The van der Waals surface area contributed by atoms with Crippen molar-refractivity contribution in [3.05, 3.63) is 41.0 Å². The maximum absolute atomic E-state index is 13.0. The molecule has 4 rings (SSSR count). The van der Waals surface area contributed by atoms with Crippen LogP contribution in [0.3, 0.4) is 0 Å². The Morgan fingerprint density at radius 3 is 2.65 bits per heavy atom. The smallest absolute Gasteiger partial charge is 0.316 e. The van der Waals surface area contributed by atoms with E-state index in [2.05, 4.69) is 53.8 Å². The molecule has 1 saturated heterocycles. The number of amides is 2. The molecule has 1 fully saturated rings. The first-order valence-electron chi connectivity index (χ1n) is 9.52. The third-order valence-corrected chi connectivity index (χ3v) is 5.80. The lowest BCUT2D eigenvalue weighted by molar-refractivity contribution is 0.184. The second-order valence-electron chi connectivity index (χ2n) is 7.97. The molecule has 2 unspecified atom stereocenters. The molecule has 26 heavy (non-hydrogen) atoms. The molecule has 138 valence electrons. The molecule has 1 N–H and O–H groups in total. The first-order valence-corrected chi connectivity index (χ1v) is 9.52. The molecule has 1 aromatic heterocycles. The molecule has 6 heteroatoms. The van der Waals surface area contributed by atoms with Crippen molar-refractivity contribution in [2.24, 2.45) is 0 Å². The summed E-state index contributed by atoms with van der Waals surface area (Å²) in [7, 11) is 0. The minimum Gasteiger partial charge on any atom is -0.316 e. The van der Waals surface area contributed by atoms with Crippen molar-refractivity contribution in [3.8, 4) is 0 Å². The standard InChI is InChI=1S/C20H27N5O/c1-12(2)19-23-22-18-10-16-7-8-17(11-24(18)19)25(16)20(26)21-15-6-5-13(3)14(4)9-15/h5-6,9,12,16-17H,7-8,10-11H2,1-4H3,(H,21,26). The van der Waals surface area contributed by atoms with E-state index in [-0.39, 0.29) is 18.1 Å². The molecule has 2 amide bonds. The Morgan fingerprint density at radius 1 is 1.15 bits per heavy atom. The summed E-state index contributed by atoms with van der Waals surface area (Å²) in [6, 6.07) is 6.49. The molecule has 6 nitrogen and oxygen atoms in total. The number of rotatable bonds is 2. The van der Waals surface area contributed by atoms with Crippen molar-refractivity contribution in [3.63, 3.8) is 0 Å². The van der Waals surface area contributed by atoms with Gasteiger partial charge in [0.1, 0.15) is 11.6 Å². The number of carbonyl (C=O) groups is 1. The summed E-state index contributed by atoms with van der Waals surface area (Å²) in [5.41, 5.74) is 3.29. The number of hydrogen-bond donors (Lipinski definition) is 1. The van der Waals surface area contributed by atoms with Gasteiger partial charge in [-0.05, 0) is 49.9 Å². The van der Waals surface area contributed by atoms with Crippen LogP contribution in [0.15, 0.2) is 18.2 Å². The zero-order valence-corrected chi connectivity index (χ0v) is 16.0. The number of nitrogens with one attached hydrogen (secondary N) is 1. The predicted molar refractivity (Wildman–Crippen MR) is 101 cm³/mol. The van der Waals surface area contributed by atoms with Gasteiger partial charge < -0.3 is 14.8 Å². The van der Waals surface area contributed by atoms with Gasteiger partial charge in [-0.1, -0.05) is 19.9 Å². The van der Waals surface area contributed by atoms with Crippen LogP contribution < -0.4 is 5.32 Å². The zero-order valence-electron chi connectivity index (χ0n) is 16.0. The summed E-state index contributed by atoms with van der Waals surface area (Å²) in [6.45, 7) is 9.24. The minimum absolute atomic E-state index is 0.00515. The summed E-state index contributed by atoms with van der Waals surface area (Å²) in [5, 5.41) is 11.9. The highest BCUT2D eigenvalue weighted by Gasteiger charge is 2.41. The van der Waals surface area contributed by atoms with Gasteiger partial charge in [-0.3, -0.25) is 0 Å². The highest BCUT2D eigenvalue weighted by molar-refractivity contribution is 5.90. The Hall–Kier alpha value is -2.37. The van der Waals surface area contributed by atoms with E-state index in [0.29, 0.717) is 5.92 Å². The van der Waals surface area contributed by atoms with E-state index in [0.717, 1.165) is 43.1 Å². The Bertz CT molecular complexity index is 841. The van der Waals surface area contributed by atoms with Crippen LogP contribution in [0, 0.1) is 13.8 Å². The monoisotopic (exact) mass is 353 g/mol.